The van der Waals surface area contributed by atoms with Gasteiger partial charge in [0.15, 0.2) is 23.1 Å². The van der Waals surface area contributed by atoms with Crippen molar-refractivity contribution < 1.29 is 32.9 Å². The molecule has 5 aromatic rings. The van der Waals surface area contributed by atoms with E-state index in [1.807, 2.05) is 18.2 Å². The normalized spacial score (nSPS) is 14.3. The van der Waals surface area contributed by atoms with Crippen LogP contribution in [0.15, 0.2) is 83.9 Å². The molecule has 2 aliphatic heterocycles. The van der Waals surface area contributed by atoms with Crippen molar-refractivity contribution in [2.45, 2.75) is 6.42 Å². The number of carbonyl (C=O) groups excluding carboxylic acids is 1. The summed E-state index contributed by atoms with van der Waals surface area (Å²) in [5, 5.41) is 3.25. The number of benzene rings is 3. The van der Waals surface area contributed by atoms with E-state index < -0.39 is 17.3 Å². The van der Waals surface area contributed by atoms with Gasteiger partial charge in [-0.3, -0.25) is 24.0 Å². The van der Waals surface area contributed by atoms with E-state index in [0.29, 0.717) is 66.7 Å². The highest BCUT2D eigenvalue weighted by Gasteiger charge is 2.27. The smallest absolute Gasteiger partial charge is 0.271 e. The van der Waals surface area contributed by atoms with Crippen LogP contribution in [0.1, 0.15) is 15.9 Å². The van der Waals surface area contributed by atoms with Gasteiger partial charge >= 0.3 is 0 Å². The molecule has 246 valence electrons. The van der Waals surface area contributed by atoms with Gasteiger partial charge in [0.25, 0.3) is 11.5 Å². The van der Waals surface area contributed by atoms with Crippen molar-refractivity contribution in [3.63, 3.8) is 0 Å². The highest BCUT2D eigenvalue weighted by molar-refractivity contribution is 6.06. The predicted octanol–water partition coefficient (Wildman–Crippen LogP) is 5.22. The molecular weight excluding hydrogens is 619 g/mol. The Labute approximate surface area is 275 Å². The molecule has 2 aliphatic rings. The van der Waals surface area contributed by atoms with Gasteiger partial charge in [-0.2, -0.15) is 0 Å². The number of pyridine rings is 2. The Balaban J connectivity index is 1.09. The van der Waals surface area contributed by atoms with E-state index in [0.717, 1.165) is 31.3 Å². The molecule has 0 unspecified atom stereocenters. The van der Waals surface area contributed by atoms with Crippen molar-refractivity contribution in [1.29, 1.82) is 0 Å². The Bertz CT molecular complexity index is 2030. The van der Waals surface area contributed by atoms with E-state index in [1.54, 1.807) is 49.8 Å². The largest absolute Gasteiger partial charge is 0.493 e. The number of halogens is 1. The summed E-state index contributed by atoms with van der Waals surface area (Å²) in [7, 11) is 1.55. The van der Waals surface area contributed by atoms with Crippen LogP contribution >= 0.6 is 0 Å². The number of ether oxygens (including phenoxy) is 5. The summed E-state index contributed by atoms with van der Waals surface area (Å²) < 4.78 is 45.6. The van der Waals surface area contributed by atoms with Gasteiger partial charge in [-0.05, 0) is 36.4 Å². The number of anilines is 1. The Morgan fingerprint density at radius 3 is 2.60 bits per heavy atom. The second kappa shape index (κ2) is 13.7. The highest BCUT2D eigenvalue weighted by atomic mass is 19.1. The van der Waals surface area contributed by atoms with E-state index in [-0.39, 0.29) is 22.7 Å². The fraction of sp³-hybridized carbons (Fsp3) is 0.250. The van der Waals surface area contributed by atoms with Gasteiger partial charge in [-0.1, -0.05) is 18.2 Å². The molecule has 1 N–H and O–H groups in total. The third-order valence-electron chi connectivity index (χ3n) is 8.28. The molecule has 2 aromatic heterocycles. The lowest BCUT2D eigenvalue weighted by atomic mass is 10.1. The SMILES string of the molecule is COc1cc2c(Oc3ccc(NC(=O)c4c5c(cn(-c6ccccc6)c4=O)CCO5)cc3F)ccnc2cc1OCCN1CCOCC1. The Morgan fingerprint density at radius 1 is 0.979 bits per heavy atom. The van der Waals surface area contributed by atoms with Gasteiger partial charge in [0, 0.05) is 72.9 Å². The van der Waals surface area contributed by atoms with Gasteiger partial charge < -0.3 is 29.0 Å². The lowest BCUT2D eigenvalue weighted by Gasteiger charge is -2.26. The summed E-state index contributed by atoms with van der Waals surface area (Å²) in [5.74, 6) is 0.141. The summed E-state index contributed by atoms with van der Waals surface area (Å²) in [4.78, 5) is 33.7. The van der Waals surface area contributed by atoms with Crippen LogP contribution in [0.5, 0.6) is 28.7 Å². The van der Waals surface area contributed by atoms with Crippen LogP contribution in [0.2, 0.25) is 0 Å². The Kier molecular flexibility index (Phi) is 8.91. The molecule has 0 bridgehead atoms. The minimum absolute atomic E-state index is 0.0688. The maximum atomic E-state index is 15.4. The zero-order chi connectivity index (χ0) is 33.0. The lowest BCUT2D eigenvalue weighted by Crippen LogP contribution is -2.38. The molecule has 0 atom stereocenters. The van der Waals surface area contributed by atoms with Crippen LogP contribution in [0.4, 0.5) is 10.1 Å². The summed E-state index contributed by atoms with van der Waals surface area (Å²) in [6.45, 7) is 4.73. The number of hydrogen-bond donors (Lipinski definition) is 1. The van der Waals surface area contributed by atoms with Crippen LogP contribution in [-0.2, 0) is 11.2 Å². The molecule has 0 spiro atoms. The summed E-state index contributed by atoms with van der Waals surface area (Å²) >= 11 is 0. The predicted molar refractivity (Wildman–Crippen MR) is 177 cm³/mol. The number of amides is 1. The van der Waals surface area contributed by atoms with Gasteiger partial charge in [-0.25, -0.2) is 4.39 Å². The van der Waals surface area contributed by atoms with E-state index in [1.165, 1.54) is 16.7 Å². The number of carbonyl (C=O) groups is 1. The van der Waals surface area contributed by atoms with E-state index in [2.05, 4.69) is 15.2 Å². The molecule has 7 rings (SSSR count). The first-order chi connectivity index (χ1) is 23.5. The van der Waals surface area contributed by atoms with E-state index in [4.69, 9.17) is 23.7 Å². The van der Waals surface area contributed by atoms with Gasteiger partial charge in [0.2, 0.25) is 0 Å². The first-order valence-corrected chi connectivity index (χ1v) is 15.6. The maximum absolute atomic E-state index is 15.4. The molecule has 0 radical (unpaired) electrons. The minimum atomic E-state index is -0.718. The van der Waals surface area contributed by atoms with Gasteiger partial charge in [-0.15, -0.1) is 0 Å². The molecule has 3 aromatic carbocycles. The van der Waals surface area contributed by atoms with Crippen LogP contribution in [0.3, 0.4) is 0 Å². The molecule has 1 fully saturated rings. The molecule has 0 aliphatic carbocycles. The Morgan fingerprint density at radius 2 is 1.81 bits per heavy atom. The number of nitrogens with one attached hydrogen (secondary N) is 1. The average Bonchev–Trinajstić information content (AvgIpc) is 3.58. The number of para-hydroxylation sites is 1. The molecule has 4 heterocycles. The van der Waals surface area contributed by atoms with Crippen molar-refractivity contribution in [3.05, 3.63) is 106 Å². The number of hydrogen-bond acceptors (Lipinski definition) is 9. The first kappa shape index (κ1) is 31.2. The first-order valence-electron chi connectivity index (χ1n) is 15.6. The molecule has 48 heavy (non-hydrogen) atoms. The lowest BCUT2D eigenvalue weighted by molar-refractivity contribution is 0.0321. The number of methoxy groups -OCH3 is 1. The topological polar surface area (TPSA) is 113 Å². The Hall–Kier alpha value is -5.46. The van der Waals surface area contributed by atoms with Crippen molar-refractivity contribution in [3.8, 4) is 34.4 Å². The number of morpholine rings is 1. The molecular formula is C36H33FN4O7. The maximum Gasteiger partial charge on any atom is 0.271 e. The second-order valence-corrected chi connectivity index (χ2v) is 11.3. The molecule has 0 saturated carbocycles. The fourth-order valence-electron chi connectivity index (χ4n) is 5.81. The number of aromatic nitrogens is 2. The third kappa shape index (κ3) is 6.40. The van der Waals surface area contributed by atoms with Crippen molar-refractivity contribution in [2.24, 2.45) is 0 Å². The van der Waals surface area contributed by atoms with Crippen LogP contribution in [0.25, 0.3) is 16.6 Å². The standard InChI is InChI=1S/C36H33FN4O7/c1-44-31-20-26-28(21-32(31)46-18-14-40-12-16-45-17-13-40)38-11-9-29(26)48-30-8-7-24(19-27(30)37)39-35(42)33-34-23(10-15-47-34)22-41(36(33)43)25-5-3-2-4-6-25/h2-9,11,19-22H,10,12-18H2,1H3,(H,39,42). The van der Waals surface area contributed by atoms with Crippen LogP contribution in [-0.4, -0.2) is 73.5 Å². The summed E-state index contributed by atoms with van der Waals surface area (Å²) in [6.07, 6.45) is 3.82. The van der Waals surface area contributed by atoms with Crippen molar-refractivity contribution >= 4 is 22.5 Å². The number of rotatable bonds is 10. The molecule has 1 amide bonds. The second-order valence-electron chi connectivity index (χ2n) is 11.3. The zero-order valence-electron chi connectivity index (χ0n) is 26.2. The van der Waals surface area contributed by atoms with E-state index >= 15 is 4.39 Å². The molecule has 12 heteroatoms. The zero-order valence-corrected chi connectivity index (χ0v) is 26.2. The third-order valence-corrected chi connectivity index (χ3v) is 8.28. The quantitative estimate of drug-likeness (QED) is 0.217. The van der Waals surface area contributed by atoms with Crippen molar-refractivity contribution in [2.75, 3.05) is 58.5 Å². The average molecular weight is 653 g/mol. The van der Waals surface area contributed by atoms with Crippen LogP contribution < -0.4 is 29.8 Å². The highest BCUT2D eigenvalue weighted by Crippen LogP contribution is 2.38. The minimum Gasteiger partial charge on any atom is -0.493 e. The summed E-state index contributed by atoms with van der Waals surface area (Å²) in [5.41, 5.74) is 1.41. The van der Waals surface area contributed by atoms with E-state index in [9.17, 15) is 9.59 Å². The fourth-order valence-corrected chi connectivity index (χ4v) is 5.81. The van der Waals surface area contributed by atoms with Gasteiger partial charge in [0.05, 0.1) is 32.4 Å². The van der Waals surface area contributed by atoms with Crippen molar-refractivity contribution in [1.82, 2.24) is 14.5 Å². The van der Waals surface area contributed by atoms with Crippen LogP contribution in [0, 0.1) is 5.82 Å². The molecule has 11 nitrogen and oxygen atoms in total. The monoisotopic (exact) mass is 652 g/mol. The number of fused-ring (bicyclic) bond motifs is 2. The summed E-state index contributed by atoms with van der Waals surface area (Å²) in [6, 6.07) is 18.2. The number of nitrogens with zero attached hydrogens (tertiary/aromatic N) is 3. The molecule has 1 saturated heterocycles. The van der Waals surface area contributed by atoms with Gasteiger partial charge in [0.1, 0.15) is 23.7 Å².